The zero-order chi connectivity index (χ0) is 9.72. The normalized spacial score (nSPS) is 8.83. The van der Waals surface area contributed by atoms with Crippen LogP contribution in [0.25, 0.3) is 0 Å². The molecule has 0 saturated carbocycles. The standard InChI is InChI=1S/C7H5ClF2.C2H6/c1-4-2-3-5(9)7(10)6(4)8;1-2/h2-3H,1H3;1-2H3. The van der Waals surface area contributed by atoms with Crippen LogP contribution < -0.4 is 0 Å². The second kappa shape index (κ2) is 5.09. The minimum Gasteiger partial charge on any atom is -0.204 e. The van der Waals surface area contributed by atoms with Gasteiger partial charge in [-0.05, 0) is 18.6 Å². The molecule has 68 valence electrons. The molecule has 0 aliphatic rings. The van der Waals surface area contributed by atoms with Gasteiger partial charge in [-0.25, -0.2) is 8.78 Å². The number of hydrogen-bond donors (Lipinski definition) is 0. The number of rotatable bonds is 0. The van der Waals surface area contributed by atoms with Gasteiger partial charge in [-0.1, -0.05) is 31.5 Å². The summed E-state index contributed by atoms with van der Waals surface area (Å²) < 4.78 is 24.8. The van der Waals surface area contributed by atoms with E-state index in [1.165, 1.54) is 6.07 Å². The van der Waals surface area contributed by atoms with Crippen molar-refractivity contribution in [2.24, 2.45) is 0 Å². The first kappa shape index (κ1) is 11.4. The Morgan fingerprint density at radius 2 is 1.67 bits per heavy atom. The van der Waals surface area contributed by atoms with Gasteiger partial charge >= 0.3 is 0 Å². The average Bonchev–Trinajstić information content (AvgIpc) is 2.12. The van der Waals surface area contributed by atoms with Gasteiger partial charge in [0.25, 0.3) is 0 Å². The van der Waals surface area contributed by atoms with Crippen LogP contribution in [-0.4, -0.2) is 0 Å². The lowest BCUT2D eigenvalue weighted by Gasteiger charge is -1.97. The summed E-state index contributed by atoms with van der Waals surface area (Å²) >= 11 is 5.37. The second-order valence-corrected chi connectivity index (χ2v) is 2.37. The number of benzene rings is 1. The fourth-order valence-corrected chi connectivity index (χ4v) is 0.776. The second-order valence-electron chi connectivity index (χ2n) is 1.99. The van der Waals surface area contributed by atoms with E-state index in [2.05, 4.69) is 0 Å². The summed E-state index contributed by atoms with van der Waals surface area (Å²) in [5.41, 5.74) is 0.542. The Morgan fingerprint density at radius 1 is 1.17 bits per heavy atom. The zero-order valence-electron chi connectivity index (χ0n) is 7.29. The van der Waals surface area contributed by atoms with Crippen LogP contribution >= 0.6 is 11.6 Å². The SMILES string of the molecule is CC.Cc1ccc(F)c(F)c1Cl. The molecular formula is C9H11ClF2. The van der Waals surface area contributed by atoms with Gasteiger partial charge in [-0.2, -0.15) is 0 Å². The molecule has 12 heavy (non-hydrogen) atoms. The average molecular weight is 193 g/mol. The highest BCUT2D eigenvalue weighted by atomic mass is 35.5. The summed E-state index contributed by atoms with van der Waals surface area (Å²) in [5.74, 6) is -1.88. The van der Waals surface area contributed by atoms with Crippen molar-refractivity contribution < 1.29 is 8.78 Å². The molecule has 1 aromatic rings. The molecule has 3 heteroatoms. The first-order valence-electron chi connectivity index (χ1n) is 3.73. The van der Waals surface area contributed by atoms with Crippen molar-refractivity contribution in [1.82, 2.24) is 0 Å². The van der Waals surface area contributed by atoms with Crippen molar-refractivity contribution in [3.05, 3.63) is 34.4 Å². The molecule has 0 radical (unpaired) electrons. The summed E-state index contributed by atoms with van der Waals surface area (Å²) in [7, 11) is 0. The van der Waals surface area contributed by atoms with E-state index in [0.29, 0.717) is 5.56 Å². The minimum atomic E-state index is -0.971. The highest BCUT2D eigenvalue weighted by Crippen LogP contribution is 2.20. The molecule has 0 aliphatic heterocycles. The maximum atomic E-state index is 12.5. The molecule has 0 saturated heterocycles. The van der Waals surface area contributed by atoms with Crippen LogP contribution in [0.3, 0.4) is 0 Å². The predicted molar refractivity (Wildman–Crippen MR) is 47.5 cm³/mol. The summed E-state index contributed by atoms with van der Waals surface area (Å²) in [6, 6.07) is 2.48. The third kappa shape index (κ3) is 2.45. The summed E-state index contributed by atoms with van der Waals surface area (Å²) in [5, 5.41) is -0.139. The Labute approximate surface area is 76.2 Å². The van der Waals surface area contributed by atoms with E-state index in [1.54, 1.807) is 6.92 Å². The van der Waals surface area contributed by atoms with Crippen LogP contribution in [-0.2, 0) is 0 Å². The fourth-order valence-electron chi connectivity index (χ4n) is 0.622. The van der Waals surface area contributed by atoms with Gasteiger partial charge < -0.3 is 0 Å². The highest BCUT2D eigenvalue weighted by molar-refractivity contribution is 6.31. The molecule has 1 aromatic carbocycles. The smallest absolute Gasteiger partial charge is 0.177 e. The van der Waals surface area contributed by atoms with Crippen LogP contribution in [0.5, 0.6) is 0 Å². The first-order valence-corrected chi connectivity index (χ1v) is 4.11. The van der Waals surface area contributed by atoms with Crippen LogP contribution in [0.2, 0.25) is 5.02 Å². The van der Waals surface area contributed by atoms with Crippen LogP contribution in [0.4, 0.5) is 8.78 Å². The quantitative estimate of drug-likeness (QED) is 0.546. The Kier molecular flexibility index (Phi) is 4.83. The molecule has 1 rings (SSSR count). The Balaban J connectivity index is 0.000000561. The number of halogens is 3. The Bertz CT molecular complexity index is 232. The Morgan fingerprint density at radius 3 is 2.08 bits per heavy atom. The van der Waals surface area contributed by atoms with E-state index in [0.717, 1.165) is 6.07 Å². The molecule has 0 fully saturated rings. The number of aryl methyl sites for hydroxylation is 1. The fraction of sp³-hybridized carbons (Fsp3) is 0.333. The van der Waals surface area contributed by atoms with E-state index in [-0.39, 0.29) is 5.02 Å². The summed E-state index contributed by atoms with van der Waals surface area (Å²) in [6.07, 6.45) is 0. The van der Waals surface area contributed by atoms with Crippen molar-refractivity contribution >= 4 is 11.6 Å². The van der Waals surface area contributed by atoms with Gasteiger partial charge in [-0.3, -0.25) is 0 Å². The molecule has 0 spiro atoms. The van der Waals surface area contributed by atoms with E-state index >= 15 is 0 Å². The van der Waals surface area contributed by atoms with Crippen LogP contribution in [0.1, 0.15) is 19.4 Å². The Hall–Kier alpha value is -0.630. The molecule has 0 amide bonds. The maximum absolute atomic E-state index is 12.5. The van der Waals surface area contributed by atoms with Gasteiger partial charge in [0.1, 0.15) is 0 Å². The predicted octanol–water partition coefficient (Wildman–Crippen LogP) is 3.95. The molecule has 0 unspecified atom stereocenters. The van der Waals surface area contributed by atoms with Crippen molar-refractivity contribution in [1.29, 1.82) is 0 Å². The van der Waals surface area contributed by atoms with Gasteiger partial charge in [0.15, 0.2) is 11.6 Å². The highest BCUT2D eigenvalue weighted by Gasteiger charge is 2.07. The van der Waals surface area contributed by atoms with Crippen molar-refractivity contribution in [2.75, 3.05) is 0 Å². The first-order chi connectivity index (χ1) is 5.63. The van der Waals surface area contributed by atoms with Crippen LogP contribution in [0.15, 0.2) is 12.1 Å². The van der Waals surface area contributed by atoms with E-state index in [1.807, 2.05) is 13.8 Å². The third-order valence-corrected chi connectivity index (χ3v) is 1.69. The minimum absolute atomic E-state index is 0.139. The lowest BCUT2D eigenvalue weighted by Crippen LogP contribution is -1.86. The van der Waals surface area contributed by atoms with Crippen molar-refractivity contribution in [2.45, 2.75) is 20.8 Å². The summed E-state index contributed by atoms with van der Waals surface area (Å²) in [6.45, 7) is 5.62. The molecule has 0 aliphatic carbocycles. The third-order valence-electron chi connectivity index (χ3n) is 1.23. The van der Waals surface area contributed by atoms with Gasteiger partial charge in [0, 0.05) is 0 Å². The van der Waals surface area contributed by atoms with Gasteiger partial charge in [0.2, 0.25) is 0 Å². The lowest BCUT2D eigenvalue weighted by atomic mass is 10.2. The van der Waals surface area contributed by atoms with E-state index < -0.39 is 11.6 Å². The molecule has 0 aromatic heterocycles. The largest absolute Gasteiger partial charge is 0.204 e. The lowest BCUT2D eigenvalue weighted by molar-refractivity contribution is 0.508. The molecule has 0 N–H and O–H groups in total. The zero-order valence-corrected chi connectivity index (χ0v) is 8.04. The molecular weight excluding hydrogens is 182 g/mol. The van der Waals surface area contributed by atoms with Gasteiger partial charge in [0.05, 0.1) is 5.02 Å². The van der Waals surface area contributed by atoms with Crippen molar-refractivity contribution in [3.63, 3.8) is 0 Å². The molecule has 0 atom stereocenters. The summed E-state index contributed by atoms with van der Waals surface area (Å²) in [4.78, 5) is 0. The molecule has 0 heterocycles. The van der Waals surface area contributed by atoms with Gasteiger partial charge in [-0.15, -0.1) is 0 Å². The molecule has 0 bridgehead atoms. The van der Waals surface area contributed by atoms with E-state index in [4.69, 9.17) is 11.6 Å². The monoisotopic (exact) mass is 192 g/mol. The van der Waals surface area contributed by atoms with E-state index in [9.17, 15) is 8.78 Å². The van der Waals surface area contributed by atoms with Crippen LogP contribution in [0, 0.1) is 18.6 Å². The van der Waals surface area contributed by atoms with Crippen molar-refractivity contribution in [3.8, 4) is 0 Å². The topological polar surface area (TPSA) is 0 Å². The molecule has 0 nitrogen and oxygen atoms in total. The maximum Gasteiger partial charge on any atom is 0.177 e. The number of hydrogen-bond acceptors (Lipinski definition) is 0.